The van der Waals surface area contributed by atoms with E-state index in [0.717, 1.165) is 5.76 Å². The van der Waals surface area contributed by atoms with Gasteiger partial charge in [0.1, 0.15) is 17.5 Å². The lowest BCUT2D eigenvalue weighted by molar-refractivity contribution is 0.374. The first kappa shape index (κ1) is 12.1. The predicted molar refractivity (Wildman–Crippen MR) is 65.9 cm³/mol. The molecular weight excluding hydrogens is 286 g/mol. The monoisotopic (exact) mass is 297 g/mol. The average molecular weight is 298 g/mol. The molecule has 0 saturated heterocycles. The molecule has 0 aliphatic carbocycles. The number of nitrogens with one attached hydrogen (secondary N) is 1. The molecule has 2 aromatic heterocycles. The minimum atomic E-state index is -0.190. The van der Waals surface area contributed by atoms with Crippen molar-refractivity contribution in [1.82, 2.24) is 15.3 Å². The average Bonchev–Trinajstić information content (AvgIpc) is 2.77. The number of ether oxygens (including phenoxy) is 1. The topological polar surface area (TPSA) is 60.2 Å². The molecule has 90 valence electrons. The zero-order valence-corrected chi connectivity index (χ0v) is 11.1. The number of methoxy groups -OCH3 is 1. The highest BCUT2D eigenvalue weighted by atomic mass is 79.9. The molecule has 6 heteroatoms. The molecule has 0 fully saturated rings. The molecule has 1 N–H and O–H groups in total. The summed E-state index contributed by atoms with van der Waals surface area (Å²) in [7, 11) is 3.40. The molecule has 0 bridgehead atoms. The summed E-state index contributed by atoms with van der Waals surface area (Å²) in [5.74, 6) is 1.23. The number of hydrogen-bond acceptors (Lipinski definition) is 5. The lowest BCUT2D eigenvalue weighted by atomic mass is 10.1. The number of nitrogens with zero attached hydrogens (tertiary/aromatic N) is 2. The summed E-state index contributed by atoms with van der Waals surface area (Å²) in [5.41, 5.74) is 0.694. The van der Waals surface area contributed by atoms with Crippen LogP contribution >= 0.6 is 15.9 Å². The van der Waals surface area contributed by atoms with Gasteiger partial charge in [0, 0.05) is 12.4 Å². The Morgan fingerprint density at radius 3 is 2.71 bits per heavy atom. The third-order valence-corrected chi connectivity index (χ3v) is 2.75. The second kappa shape index (κ2) is 5.29. The van der Waals surface area contributed by atoms with Crippen molar-refractivity contribution in [1.29, 1.82) is 0 Å². The van der Waals surface area contributed by atoms with E-state index in [4.69, 9.17) is 9.15 Å². The number of furan rings is 1. The first-order chi connectivity index (χ1) is 8.26. The van der Waals surface area contributed by atoms with Gasteiger partial charge in [-0.3, -0.25) is 4.98 Å². The quantitative estimate of drug-likeness (QED) is 0.937. The Kier molecular flexibility index (Phi) is 3.75. The number of hydrogen-bond donors (Lipinski definition) is 1. The van der Waals surface area contributed by atoms with Crippen molar-refractivity contribution in [2.45, 2.75) is 6.04 Å². The van der Waals surface area contributed by atoms with Gasteiger partial charge in [0.25, 0.3) is 0 Å². The molecule has 0 aliphatic heterocycles. The van der Waals surface area contributed by atoms with Crippen molar-refractivity contribution in [3.05, 3.63) is 40.7 Å². The van der Waals surface area contributed by atoms with E-state index in [0.29, 0.717) is 16.2 Å². The van der Waals surface area contributed by atoms with Gasteiger partial charge in [-0.05, 0) is 35.1 Å². The van der Waals surface area contributed by atoms with E-state index in [1.54, 1.807) is 19.5 Å². The first-order valence-corrected chi connectivity index (χ1v) is 5.83. The Labute approximate surface area is 107 Å². The maximum absolute atomic E-state index is 5.52. The van der Waals surface area contributed by atoms with Crippen molar-refractivity contribution in [3.8, 4) is 5.88 Å². The van der Waals surface area contributed by atoms with Crippen molar-refractivity contribution < 1.29 is 9.15 Å². The lowest BCUT2D eigenvalue weighted by Gasteiger charge is -2.14. The lowest BCUT2D eigenvalue weighted by Crippen LogP contribution is -2.19. The second-order valence-corrected chi connectivity index (χ2v) is 4.10. The largest absolute Gasteiger partial charge is 0.480 e. The van der Waals surface area contributed by atoms with Crippen molar-refractivity contribution in [2.24, 2.45) is 0 Å². The van der Waals surface area contributed by atoms with Gasteiger partial charge in [-0.1, -0.05) is 0 Å². The summed E-state index contributed by atoms with van der Waals surface area (Å²) in [5, 5.41) is 3.13. The summed E-state index contributed by atoms with van der Waals surface area (Å²) in [4.78, 5) is 8.40. The Hall–Kier alpha value is -1.40. The highest BCUT2D eigenvalue weighted by Gasteiger charge is 2.21. The van der Waals surface area contributed by atoms with E-state index in [2.05, 4.69) is 31.2 Å². The maximum atomic E-state index is 5.52. The number of rotatable bonds is 4. The summed E-state index contributed by atoms with van der Waals surface area (Å²) < 4.78 is 11.4. The fourth-order valence-corrected chi connectivity index (χ4v) is 1.91. The molecule has 0 amide bonds. The molecule has 0 spiro atoms. The molecule has 1 atom stereocenters. The molecule has 1 unspecified atom stereocenters. The summed E-state index contributed by atoms with van der Waals surface area (Å²) >= 11 is 3.28. The van der Waals surface area contributed by atoms with Gasteiger partial charge in [-0.15, -0.1) is 0 Å². The molecule has 0 radical (unpaired) electrons. The van der Waals surface area contributed by atoms with Gasteiger partial charge in [0.15, 0.2) is 4.67 Å². The smallest absolute Gasteiger partial charge is 0.237 e. The third-order valence-electron chi connectivity index (χ3n) is 2.33. The molecular formula is C11H12BrN3O2. The highest BCUT2D eigenvalue weighted by Crippen LogP contribution is 2.28. The predicted octanol–water partition coefficient (Wildman–Crippen LogP) is 2.15. The minimum Gasteiger partial charge on any atom is -0.480 e. The van der Waals surface area contributed by atoms with E-state index >= 15 is 0 Å². The Morgan fingerprint density at radius 2 is 2.12 bits per heavy atom. The van der Waals surface area contributed by atoms with Gasteiger partial charge in [-0.25, -0.2) is 4.98 Å². The van der Waals surface area contributed by atoms with E-state index < -0.39 is 0 Å². The highest BCUT2D eigenvalue weighted by molar-refractivity contribution is 9.10. The normalized spacial score (nSPS) is 12.4. The van der Waals surface area contributed by atoms with Gasteiger partial charge in [0.2, 0.25) is 5.88 Å². The first-order valence-electron chi connectivity index (χ1n) is 5.03. The SMILES string of the molecule is CNC(c1ccc(Br)o1)c1nccnc1OC. The Morgan fingerprint density at radius 1 is 1.35 bits per heavy atom. The summed E-state index contributed by atoms with van der Waals surface area (Å²) in [6, 6.07) is 3.52. The van der Waals surface area contributed by atoms with E-state index in [9.17, 15) is 0 Å². The van der Waals surface area contributed by atoms with Crippen LogP contribution in [0, 0.1) is 0 Å². The fraction of sp³-hybridized carbons (Fsp3) is 0.273. The number of halogens is 1. The van der Waals surface area contributed by atoms with Crippen molar-refractivity contribution in [2.75, 3.05) is 14.2 Å². The van der Waals surface area contributed by atoms with Crippen LogP contribution in [0.4, 0.5) is 0 Å². The third kappa shape index (κ3) is 2.48. The van der Waals surface area contributed by atoms with Crippen LogP contribution in [0.3, 0.4) is 0 Å². The molecule has 2 rings (SSSR count). The second-order valence-electron chi connectivity index (χ2n) is 3.31. The van der Waals surface area contributed by atoms with E-state index in [1.165, 1.54) is 0 Å². The van der Waals surface area contributed by atoms with Crippen LogP contribution < -0.4 is 10.1 Å². The van der Waals surface area contributed by atoms with Crippen LogP contribution in [0.15, 0.2) is 33.6 Å². The zero-order valence-electron chi connectivity index (χ0n) is 9.48. The zero-order chi connectivity index (χ0) is 12.3. The van der Waals surface area contributed by atoms with Crippen LogP contribution in [-0.2, 0) is 0 Å². The Balaban J connectivity index is 2.41. The molecule has 5 nitrogen and oxygen atoms in total. The molecule has 0 saturated carbocycles. The number of aromatic nitrogens is 2. The molecule has 0 aliphatic rings. The van der Waals surface area contributed by atoms with Crippen LogP contribution in [0.2, 0.25) is 0 Å². The minimum absolute atomic E-state index is 0.190. The molecule has 17 heavy (non-hydrogen) atoms. The summed E-state index contributed by atoms with van der Waals surface area (Å²) in [6.45, 7) is 0. The van der Waals surface area contributed by atoms with Gasteiger partial charge < -0.3 is 14.5 Å². The molecule has 0 aromatic carbocycles. The van der Waals surface area contributed by atoms with Crippen LogP contribution in [0.25, 0.3) is 0 Å². The maximum Gasteiger partial charge on any atom is 0.237 e. The van der Waals surface area contributed by atoms with Gasteiger partial charge in [0.05, 0.1) is 7.11 Å². The van der Waals surface area contributed by atoms with Crippen molar-refractivity contribution >= 4 is 15.9 Å². The van der Waals surface area contributed by atoms with Crippen LogP contribution in [-0.4, -0.2) is 24.1 Å². The van der Waals surface area contributed by atoms with E-state index in [1.807, 2.05) is 19.2 Å². The summed E-state index contributed by atoms with van der Waals surface area (Å²) in [6.07, 6.45) is 3.22. The molecule has 2 heterocycles. The van der Waals surface area contributed by atoms with E-state index in [-0.39, 0.29) is 6.04 Å². The van der Waals surface area contributed by atoms with Crippen molar-refractivity contribution in [3.63, 3.8) is 0 Å². The molecule has 2 aromatic rings. The van der Waals surface area contributed by atoms with Crippen LogP contribution in [0.1, 0.15) is 17.5 Å². The Bertz CT molecular complexity index is 501. The standard InChI is InChI=1S/C11H12BrN3O2/c1-13-9(7-3-4-8(12)17-7)10-11(16-2)15-6-5-14-10/h3-6,9,13H,1-2H3. The van der Waals surface area contributed by atoms with Crippen LogP contribution in [0.5, 0.6) is 5.88 Å². The van der Waals surface area contributed by atoms with Gasteiger partial charge in [-0.2, -0.15) is 0 Å². The fourth-order valence-electron chi connectivity index (χ4n) is 1.59. The van der Waals surface area contributed by atoms with Gasteiger partial charge >= 0.3 is 0 Å².